The number of carbonyl (C=O) groups is 2. The van der Waals surface area contributed by atoms with Crippen molar-refractivity contribution in [2.24, 2.45) is 0 Å². The third-order valence-corrected chi connectivity index (χ3v) is 7.69. The first-order chi connectivity index (χ1) is 15.4. The van der Waals surface area contributed by atoms with Gasteiger partial charge in [-0.15, -0.1) is 0 Å². The summed E-state index contributed by atoms with van der Waals surface area (Å²) in [7, 11) is -4.77. The second-order valence-electron chi connectivity index (χ2n) is 8.58. The van der Waals surface area contributed by atoms with Crippen molar-refractivity contribution in [1.29, 1.82) is 5.26 Å². The van der Waals surface area contributed by atoms with E-state index in [0.717, 1.165) is 4.90 Å². The first-order valence-corrected chi connectivity index (χ1v) is 12.4. The van der Waals surface area contributed by atoms with Gasteiger partial charge in [0.05, 0.1) is 28.4 Å². The third kappa shape index (κ3) is 4.40. The molecule has 2 amide bonds. The zero-order chi connectivity index (χ0) is 24.7. The van der Waals surface area contributed by atoms with Gasteiger partial charge in [0, 0.05) is 19.1 Å². The minimum atomic E-state index is -4.77. The number of halogens is 1. The number of rotatable bonds is 4. The minimum absolute atomic E-state index is 0.107. The third-order valence-electron chi connectivity index (χ3n) is 6.23. The van der Waals surface area contributed by atoms with Crippen LogP contribution in [-0.4, -0.2) is 71.5 Å². The van der Waals surface area contributed by atoms with Crippen LogP contribution in [0.5, 0.6) is 0 Å². The lowest BCUT2D eigenvalue weighted by molar-refractivity contribution is -0.124. The number of piperidine rings is 1. The van der Waals surface area contributed by atoms with Gasteiger partial charge in [-0.05, 0) is 58.2 Å². The van der Waals surface area contributed by atoms with Crippen molar-refractivity contribution in [1.82, 2.24) is 9.80 Å². The zero-order valence-corrected chi connectivity index (χ0v) is 20.5. The van der Waals surface area contributed by atoms with Gasteiger partial charge in [-0.3, -0.25) is 19.1 Å². The summed E-state index contributed by atoms with van der Waals surface area (Å²) in [6.07, 6.45) is 0.342. The van der Waals surface area contributed by atoms with E-state index < -0.39 is 39.2 Å². The molecule has 2 aliphatic rings. The molecule has 3 rings (SSSR count). The van der Waals surface area contributed by atoms with Crippen molar-refractivity contribution in [2.75, 3.05) is 24.6 Å². The van der Waals surface area contributed by atoms with Gasteiger partial charge in [-0.2, -0.15) is 13.7 Å². The maximum absolute atomic E-state index is 13.5. The molecule has 180 valence electrons. The molecule has 10 nitrogen and oxygen atoms in total. The monoisotopic (exact) mass is 498 g/mol. The number of amides is 2. The second-order valence-corrected chi connectivity index (χ2v) is 10.4. The summed E-state index contributed by atoms with van der Waals surface area (Å²) in [6.45, 7) is 7.40. The lowest BCUT2D eigenvalue weighted by Gasteiger charge is -2.42. The van der Waals surface area contributed by atoms with Crippen molar-refractivity contribution in [2.45, 2.75) is 57.6 Å². The van der Waals surface area contributed by atoms with Gasteiger partial charge in [0.25, 0.3) is 0 Å². The molecule has 12 heteroatoms. The molecule has 1 unspecified atom stereocenters. The van der Waals surface area contributed by atoms with Gasteiger partial charge >= 0.3 is 16.2 Å². The van der Waals surface area contributed by atoms with E-state index in [1.54, 1.807) is 27.7 Å². The van der Waals surface area contributed by atoms with E-state index in [9.17, 15) is 27.8 Å². The van der Waals surface area contributed by atoms with Crippen LogP contribution in [0.15, 0.2) is 12.1 Å². The Labute approximate surface area is 198 Å². The lowest BCUT2D eigenvalue weighted by atomic mass is 9.96. The highest BCUT2D eigenvalue weighted by atomic mass is 35.5. The van der Waals surface area contributed by atoms with Gasteiger partial charge in [0.1, 0.15) is 6.07 Å². The summed E-state index contributed by atoms with van der Waals surface area (Å²) in [5.41, 5.74) is -2.21. The Morgan fingerprint density at radius 1 is 1.33 bits per heavy atom. The highest BCUT2D eigenvalue weighted by Gasteiger charge is 2.59. The van der Waals surface area contributed by atoms with Crippen LogP contribution in [0.3, 0.4) is 0 Å². The van der Waals surface area contributed by atoms with Gasteiger partial charge in [0.15, 0.2) is 0 Å². The van der Waals surface area contributed by atoms with Crippen LogP contribution in [0.2, 0.25) is 5.02 Å². The second kappa shape index (κ2) is 9.10. The van der Waals surface area contributed by atoms with E-state index >= 15 is 0 Å². The van der Waals surface area contributed by atoms with E-state index in [4.69, 9.17) is 16.3 Å². The van der Waals surface area contributed by atoms with Crippen LogP contribution in [0.1, 0.15) is 44.7 Å². The Morgan fingerprint density at radius 2 is 1.94 bits per heavy atom. The number of ether oxygens (including phenoxy) is 1. The van der Waals surface area contributed by atoms with Gasteiger partial charge in [-0.25, -0.2) is 4.79 Å². The maximum atomic E-state index is 13.5. The maximum Gasteiger partial charge on any atom is 0.409 e. The largest absolute Gasteiger partial charge is 0.450 e. The molecule has 0 aromatic heterocycles. The summed E-state index contributed by atoms with van der Waals surface area (Å²) in [6, 6.07) is 4.41. The molecule has 0 bridgehead atoms. The molecule has 2 heterocycles. The molecule has 2 aliphatic heterocycles. The van der Waals surface area contributed by atoms with Crippen LogP contribution in [0.4, 0.5) is 10.5 Å². The molecule has 0 radical (unpaired) electrons. The standard InChI is InChI=1S/C21H27ClN4O6S/c1-5-32-20(28)24-10-8-15(9-11-24)26-19(33(29,30)31)25(18(27)21(26,3)4)16-7-6-14(12-23)17(22)13(16)2/h6-7,15,19H,5,8-11H2,1-4H3,(H,29,30,31). The molecule has 1 atom stereocenters. The van der Waals surface area contributed by atoms with Crippen molar-refractivity contribution in [3.05, 3.63) is 28.3 Å². The van der Waals surface area contributed by atoms with Crippen LogP contribution in [-0.2, 0) is 19.6 Å². The van der Waals surface area contributed by atoms with E-state index in [-0.39, 0.29) is 22.9 Å². The number of hydrogen-bond acceptors (Lipinski definition) is 7. The predicted octanol–water partition coefficient (Wildman–Crippen LogP) is 2.74. The molecule has 33 heavy (non-hydrogen) atoms. The van der Waals surface area contributed by atoms with Crippen molar-refractivity contribution < 1.29 is 27.3 Å². The Hall–Kier alpha value is -2.39. The molecule has 0 aliphatic carbocycles. The van der Waals surface area contributed by atoms with Crippen molar-refractivity contribution in [3.8, 4) is 6.07 Å². The highest BCUT2D eigenvalue weighted by molar-refractivity contribution is 7.86. The average Bonchev–Trinajstić information content (AvgIpc) is 2.96. The normalized spacial score (nSPS) is 21.8. The number of hydrogen-bond donors (Lipinski definition) is 1. The van der Waals surface area contributed by atoms with Crippen LogP contribution in [0, 0.1) is 18.3 Å². The summed E-state index contributed by atoms with van der Waals surface area (Å²) in [4.78, 5) is 29.6. The molecule has 0 saturated carbocycles. The van der Waals surface area contributed by atoms with E-state index in [1.807, 2.05) is 6.07 Å². The SMILES string of the molecule is CCOC(=O)N1CCC(N2C(S(=O)(=O)O)N(c3ccc(C#N)c(Cl)c3C)C(=O)C2(C)C)CC1. The fourth-order valence-electron chi connectivity index (χ4n) is 4.61. The molecule has 0 spiro atoms. The molecular formula is C21H27ClN4O6S. The fraction of sp³-hybridized carbons (Fsp3) is 0.571. The van der Waals surface area contributed by atoms with Crippen LogP contribution < -0.4 is 4.90 Å². The average molecular weight is 499 g/mol. The number of carbonyl (C=O) groups excluding carboxylic acids is 2. The highest BCUT2D eigenvalue weighted by Crippen LogP contribution is 2.43. The Morgan fingerprint density at radius 3 is 2.45 bits per heavy atom. The lowest BCUT2D eigenvalue weighted by Crippen LogP contribution is -2.57. The Kier molecular flexibility index (Phi) is 6.96. The van der Waals surface area contributed by atoms with E-state index in [1.165, 1.54) is 21.9 Å². The number of likely N-dealkylation sites (tertiary alicyclic amines) is 1. The minimum Gasteiger partial charge on any atom is -0.450 e. The summed E-state index contributed by atoms with van der Waals surface area (Å²) in [5, 5.41) is 9.33. The van der Waals surface area contributed by atoms with Crippen molar-refractivity contribution in [3.63, 3.8) is 0 Å². The predicted molar refractivity (Wildman–Crippen MR) is 121 cm³/mol. The quantitative estimate of drug-likeness (QED) is 0.627. The first kappa shape index (κ1) is 25.2. The number of benzene rings is 1. The van der Waals surface area contributed by atoms with Crippen molar-refractivity contribution >= 4 is 39.4 Å². The number of anilines is 1. The topological polar surface area (TPSA) is 131 Å². The van der Waals surface area contributed by atoms with Gasteiger partial charge < -0.3 is 9.64 Å². The first-order valence-electron chi connectivity index (χ1n) is 10.6. The number of nitrogens with zero attached hydrogens (tertiary/aromatic N) is 4. The molecule has 1 aromatic rings. The fourth-order valence-corrected chi connectivity index (χ4v) is 6.01. The molecule has 1 aromatic carbocycles. The van der Waals surface area contributed by atoms with Gasteiger partial charge in [0.2, 0.25) is 11.4 Å². The van der Waals surface area contributed by atoms with Crippen LogP contribution >= 0.6 is 11.6 Å². The van der Waals surface area contributed by atoms with Gasteiger partial charge in [-0.1, -0.05) is 11.6 Å². The smallest absolute Gasteiger partial charge is 0.409 e. The van der Waals surface area contributed by atoms with E-state index in [0.29, 0.717) is 31.5 Å². The molecule has 2 fully saturated rings. The summed E-state index contributed by atoms with van der Waals surface area (Å²) in [5.74, 6) is -0.526. The molecule has 1 N–H and O–H groups in total. The molecular weight excluding hydrogens is 472 g/mol. The Bertz CT molecular complexity index is 1110. The van der Waals surface area contributed by atoms with Crippen LogP contribution in [0.25, 0.3) is 0 Å². The number of nitriles is 1. The Balaban J connectivity index is 2.03. The zero-order valence-electron chi connectivity index (χ0n) is 18.9. The summed E-state index contributed by atoms with van der Waals surface area (Å²) < 4.78 is 40.5. The van der Waals surface area contributed by atoms with E-state index in [2.05, 4.69) is 0 Å². The molecule has 2 saturated heterocycles. The summed E-state index contributed by atoms with van der Waals surface area (Å²) >= 11 is 6.28.